The molecule has 2 heteroatoms. The van der Waals surface area contributed by atoms with Gasteiger partial charge in [-0.05, 0) is 19.8 Å². The first-order chi connectivity index (χ1) is 5.06. The first kappa shape index (κ1) is 8.72. The standard InChI is InChI=1S/C9H16O2/c1-7(10)8(11)9(2)5-3-4-6-9/h8,11H,3-6H2,1-2H3. The molecule has 0 aromatic heterocycles. The van der Waals surface area contributed by atoms with Crippen molar-refractivity contribution in [3.05, 3.63) is 0 Å². The molecule has 0 spiro atoms. The summed E-state index contributed by atoms with van der Waals surface area (Å²) in [6, 6.07) is 0. The van der Waals surface area contributed by atoms with Crippen LogP contribution in [0.2, 0.25) is 0 Å². The fourth-order valence-electron chi connectivity index (χ4n) is 1.95. The molecule has 0 bridgehead atoms. The van der Waals surface area contributed by atoms with E-state index in [1.54, 1.807) is 0 Å². The maximum atomic E-state index is 10.9. The Balaban J connectivity index is 2.63. The smallest absolute Gasteiger partial charge is 0.158 e. The molecule has 0 aromatic rings. The SMILES string of the molecule is CC(=O)C(O)C1(C)CCCC1. The van der Waals surface area contributed by atoms with E-state index in [1.165, 1.54) is 6.92 Å². The molecule has 0 aliphatic heterocycles. The van der Waals surface area contributed by atoms with Crippen molar-refractivity contribution in [1.82, 2.24) is 0 Å². The van der Waals surface area contributed by atoms with Crippen molar-refractivity contribution in [3.8, 4) is 0 Å². The van der Waals surface area contributed by atoms with E-state index < -0.39 is 6.10 Å². The molecule has 0 heterocycles. The van der Waals surface area contributed by atoms with Gasteiger partial charge in [0, 0.05) is 5.41 Å². The van der Waals surface area contributed by atoms with E-state index in [-0.39, 0.29) is 11.2 Å². The third kappa shape index (κ3) is 1.62. The number of rotatable bonds is 2. The Morgan fingerprint density at radius 1 is 1.45 bits per heavy atom. The summed E-state index contributed by atoms with van der Waals surface area (Å²) in [5, 5.41) is 9.54. The molecule has 1 aliphatic rings. The van der Waals surface area contributed by atoms with Crippen molar-refractivity contribution in [2.45, 2.75) is 45.6 Å². The van der Waals surface area contributed by atoms with E-state index in [2.05, 4.69) is 0 Å². The van der Waals surface area contributed by atoms with Crippen molar-refractivity contribution in [2.24, 2.45) is 5.41 Å². The van der Waals surface area contributed by atoms with Crippen molar-refractivity contribution >= 4 is 5.78 Å². The summed E-state index contributed by atoms with van der Waals surface area (Å²) >= 11 is 0. The van der Waals surface area contributed by atoms with Crippen LogP contribution in [0.3, 0.4) is 0 Å². The van der Waals surface area contributed by atoms with E-state index >= 15 is 0 Å². The van der Waals surface area contributed by atoms with E-state index in [4.69, 9.17) is 0 Å². The lowest BCUT2D eigenvalue weighted by molar-refractivity contribution is -0.131. The minimum Gasteiger partial charge on any atom is -0.385 e. The summed E-state index contributed by atoms with van der Waals surface area (Å²) in [4.78, 5) is 10.9. The Labute approximate surface area is 67.6 Å². The first-order valence-corrected chi connectivity index (χ1v) is 4.25. The summed E-state index contributed by atoms with van der Waals surface area (Å²) in [7, 11) is 0. The van der Waals surface area contributed by atoms with E-state index in [1.807, 2.05) is 6.92 Å². The number of hydrogen-bond donors (Lipinski definition) is 1. The molecule has 1 saturated carbocycles. The largest absolute Gasteiger partial charge is 0.385 e. The van der Waals surface area contributed by atoms with Crippen LogP contribution in [0.4, 0.5) is 0 Å². The molecule has 1 aliphatic carbocycles. The van der Waals surface area contributed by atoms with Gasteiger partial charge in [0.25, 0.3) is 0 Å². The number of carbonyl (C=O) groups excluding carboxylic acids is 1. The third-order valence-electron chi connectivity index (χ3n) is 2.79. The quantitative estimate of drug-likeness (QED) is 0.658. The molecule has 1 atom stereocenters. The van der Waals surface area contributed by atoms with Crippen LogP contribution in [-0.4, -0.2) is 17.0 Å². The predicted molar refractivity (Wildman–Crippen MR) is 43.3 cm³/mol. The molecule has 1 N–H and O–H groups in total. The summed E-state index contributed by atoms with van der Waals surface area (Å²) in [6.45, 7) is 3.47. The highest BCUT2D eigenvalue weighted by molar-refractivity contribution is 5.81. The van der Waals surface area contributed by atoms with Gasteiger partial charge in [-0.2, -0.15) is 0 Å². The van der Waals surface area contributed by atoms with E-state index in [0.717, 1.165) is 25.7 Å². The normalized spacial score (nSPS) is 25.0. The molecule has 64 valence electrons. The van der Waals surface area contributed by atoms with Crippen LogP contribution < -0.4 is 0 Å². The van der Waals surface area contributed by atoms with Crippen LogP contribution in [0.15, 0.2) is 0 Å². The second-order valence-corrected chi connectivity index (χ2v) is 3.87. The average molecular weight is 156 g/mol. The Hall–Kier alpha value is -0.370. The van der Waals surface area contributed by atoms with Gasteiger partial charge in [-0.15, -0.1) is 0 Å². The van der Waals surface area contributed by atoms with E-state index in [0.29, 0.717) is 0 Å². The van der Waals surface area contributed by atoms with Gasteiger partial charge in [0.05, 0.1) is 0 Å². The van der Waals surface area contributed by atoms with Gasteiger partial charge in [0.2, 0.25) is 0 Å². The lowest BCUT2D eigenvalue weighted by Gasteiger charge is -2.27. The summed E-state index contributed by atoms with van der Waals surface area (Å²) in [5.74, 6) is -0.0885. The molecular weight excluding hydrogens is 140 g/mol. The third-order valence-corrected chi connectivity index (χ3v) is 2.79. The number of aliphatic hydroxyl groups is 1. The molecule has 2 nitrogen and oxygen atoms in total. The van der Waals surface area contributed by atoms with Gasteiger partial charge in [0.1, 0.15) is 6.10 Å². The van der Waals surface area contributed by atoms with Gasteiger partial charge in [-0.1, -0.05) is 19.8 Å². The molecule has 1 fully saturated rings. The van der Waals surface area contributed by atoms with Crippen molar-refractivity contribution in [3.63, 3.8) is 0 Å². The molecule has 1 rings (SSSR count). The fraction of sp³-hybridized carbons (Fsp3) is 0.889. The Morgan fingerprint density at radius 2 is 1.91 bits per heavy atom. The monoisotopic (exact) mass is 156 g/mol. The minimum atomic E-state index is -0.731. The van der Waals surface area contributed by atoms with Gasteiger partial charge in [-0.25, -0.2) is 0 Å². The lowest BCUT2D eigenvalue weighted by atomic mass is 9.81. The van der Waals surface area contributed by atoms with Gasteiger partial charge in [-0.3, -0.25) is 4.79 Å². The van der Waals surface area contributed by atoms with Crippen LogP contribution in [0.1, 0.15) is 39.5 Å². The molecule has 11 heavy (non-hydrogen) atoms. The van der Waals surface area contributed by atoms with Crippen molar-refractivity contribution < 1.29 is 9.90 Å². The number of carbonyl (C=O) groups is 1. The van der Waals surface area contributed by atoms with Crippen LogP contribution in [0, 0.1) is 5.41 Å². The maximum absolute atomic E-state index is 10.9. The Morgan fingerprint density at radius 3 is 2.27 bits per heavy atom. The molecule has 0 radical (unpaired) electrons. The van der Waals surface area contributed by atoms with Gasteiger partial charge < -0.3 is 5.11 Å². The van der Waals surface area contributed by atoms with Crippen molar-refractivity contribution in [2.75, 3.05) is 0 Å². The molecule has 1 unspecified atom stereocenters. The number of aliphatic hydroxyl groups excluding tert-OH is 1. The summed E-state index contributed by atoms with van der Waals surface area (Å²) < 4.78 is 0. The summed E-state index contributed by atoms with van der Waals surface area (Å²) in [5.41, 5.74) is -0.119. The van der Waals surface area contributed by atoms with Crippen LogP contribution >= 0.6 is 0 Å². The zero-order valence-corrected chi connectivity index (χ0v) is 7.26. The topological polar surface area (TPSA) is 37.3 Å². The van der Waals surface area contributed by atoms with Crippen LogP contribution in [0.5, 0.6) is 0 Å². The zero-order chi connectivity index (χ0) is 8.48. The highest BCUT2D eigenvalue weighted by Crippen LogP contribution is 2.40. The molecule has 0 aromatic carbocycles. The van der Waals surface area contributed by atoms with E-state index in [9.17, 15) is 9.90 Å². The first-order valence-electron chi connectivity index (χ1n) is 4.25. The molecule has 0 saturated heterocycles. The zero-order valence-electron chi connectivity index (χ0n) is 7.26. The predicted octanol–water partition coefficient (Wildman–Crippen LogP) is 1.52. The highest BCUT2D eigenvalue weighted by Gasteiger charge is 2.38. The van der Waals surface area contributed by atoms with Crippen LogP contribution in [-0.2, 0) is 4.79 Å². The van der Waals surface area contributed by atoms with Gasteiger partial charge in [0.15, 0.2) is 5.78 Å². The Kier molecular flexibility index (Phi) is 2.33. The number of ketones is 1. The molecule has 0 amide bonds. The minimum absolute atomic E-state index is 0.0885. The van der Waals surface area contributed by atoms with Crippen molar-refractivity contribution in [1.29, 1.82) is 0 Å². The average Bonchev–Trinajstić information content (AvgIpc) is 2.35. The second-order valence-electron chi connectivity index (χ2n) is 3.87. The fourth-order valence-corrected chi connectivity index (χ4v) is 1.95. The second kappa shape index (κ2) is 2.94. The maximum Gasteiger partial charge on any atom is 0.158 e. The number of Topliss-reactive ketones (excluding diaryl/α,β-unsaturated/α-hetero) is 1. The van der Waals surface area contributed by atoms with Crippen LogP contribution in [0.25, 0.3) is 0 Å². The van der Waals surface area contributed by atoms with Gasteiger partial charge >= 0.3 is 0 Å². The lowest BCUT2D eigenvalue weighted by Crippen LogP contribution is -2.35. The summed E-state index contributed by atoms with van der Waals surface area (Å²) in [6.07, 6.45) is 3.56. The highest BCUT2D eigenvalue weighted by atomic mass is 16.3. The Bertz CT molecular complexity index is 157. The number of hydrogen-bond acceptors (Lipinski definition) is 2. The molecular formula is C9H16O2.